The van der Waals surface area contributed by atoms with E-state index in [0.29, 0.717) is 18.9 Å². The van der Waals surface area contributed by atoms with E-state index in [0.717, 1.165) is 25.7 Å². The van der Waals surface area contributed by atoms with Gasteiger partial charge in [-0.15, -0.1) is 0 Å². The molecule has 1 heterocycles. The molecular weight excluding hydrogens is 246 g/mol. The van der Waals surface area contributed by atoms with Crippen molar-refractivity contribution in [2.45, 2.75) is 51.1 Å². The van der Waals surface area contributed by atoms with Crippen LogP contribution in [0.2, 0.25) is 0 Å². The van der Waals surface area contributed by atoms with E-state index in [2.05, 4.69) is 0 Å². The Balaban J connectivity index is 2.17. The number of rotatable bonds is 4. The highest BCUT2D eigenvalue weighted by Crippen LogP contribution is 2.40. The maximum absolute atomic E-state index is 12.5. The summed E-state index contributed by atoms with van der Waals surface area (Å²) >= 11 is 0. The third-order valence-corrected chi connectivity index (χ3v) is 4.47. The molecule has 19 heavy (non-hydrogen) atoms. The second-order valence-corrected chi connectivity index (χ2v) is 5.80. The lowest BCUT2D eigenvalue weighted by molar-refractivity contribution is -0.152. The van der Waals surface area contributed by atoms with Crippen LogP contribution in [0.15, 0.2) is 0 Å². The summed E-state index contributed by atoms with van der Waals surface area (Å²) in [4.78, 5) is 25.6. The summed E-state index contributed by atoms with van der Waals surface area (Å²) in [5.41, 5.74) is 0. The normalized spacial score (nSPS) is 31.9. The van der Waals surface area contributed by atoms with Gasteiger partial charge in [-0.1, -0.05) is 19.8 Å². The van der Waals surface area contributed by atoms with Crippen molar-refractivity contribution in [3.8, 4) is 0 Å². The van der Waals surface area contributed by atoms with Gasteiger partial charge in [0, 0.05) is 13.2 Å². The fourth-order valence-electron chi connectivity index (χ4n) is 3.57. The maximum atomic E-state index is 12.5. The summed E-state index contributed by atoms with van der Waals surface area (Å²) in [6.07, 6.45) is 4.86. The van der Waals surface area contributed by atoms with Crippen LogP contribution in [-0.4, -0.2) is 47.7 Å². The van der Waals surface area contributed by atoms with Crippen LogP contribution in [0, 0.1) is 11.8 Å². The van der Waals surface area contributed by atoms with Crippen LogP contribution in [0.1, 0.15) is 39.0 Å². The number of carbonyl (C=O) groups excluding carboxylic acids is 1. The van der Waals surface area contributed by atoms with Crippen molar-refractivity contribution in [2.24, 2.45) is 11.8 Å². The van der Waals surface area contributed by atoms with E-state index >= 15 is 0 Å². The Labute approximate surface area is 113 Å². The molecule has 0 aromatic heterocycles. The molecule has 0 aromatic carbocycles. The molecule has 2 rings (SSSR count). The molecular formula is C14H23NO4. The molecule has 108 valence electrons. The van der Waals surface area contributed by atoms with Gasteiger partial charge in [0.05, 0.1) is 12.5 Å². The van der Waals surface area contributed by atoms with E-state index in [1.807, 2.05) is 0 Å². The quantitative estimate of drug-likeness (QED) is 0.840. The van der Waals surface area contributed by atoms with Gasteiger partial charge in [0.15, 0.2) is 0 Å². The molecule has 1 aliphatic heterocycles. The minimum absolute atomic E-state index is 0.0661. The van der Waals surface area contributed by atoms with Gasteiger partial charge >= 0.3 is 5.97 Å². The molecule has 1 aliphatic carbocycles. The Morgan fingerprint density at radius 1 is 1.37 bits per heavy atom. The van der Waals surface area contributed by atoms with E-state index in [9.17, 15) is 14.7 Å². The van der Waals surface area contributed by atoms with Crippen LogP contribution in [-0.2, 0) is 14.3 Å². The zero-order valence-corrected chi connectivity index (χ0v) is 11.7. The second-order valence-electron chi connectivity index (χ2n) is 5.80. The van der Waals surface area contributed by atoms with Gasteiger partial charge in [-0.3, -0.25) is 4.79 Å². The molecule has 5 heteroatoms. The lowest BCUT2D eigenvalue weighted by Gasteiger charge is -2.34. The summed E-state index contributed by atoms with van der Waals surface area (Å²) in [5, 5.41) is 9.37. The summed E-state index contributed by atoms with van der Waals surface area (Å²) < 4.78 is 5.02. The standard InChI is InChI=1S/C14H23NO4/c1-9(8-19-2)13(16)15-11-6-4-3-5-10(11)7-12(15)14(17)18/h9-12H,3-8H2,1-2H3,(H,17,18)/t9-,10+,11+,12-/m0/s1. The number of carboxylic acid groups (broad SMARTS) is 1. The van der Waals surface area contributed by atoms with Crippen molar-refractivity contribution in [3.63, 3.8) is 0 Å². The topological polar surface area (TPSA) is 66.8 Å². The first-order chi connectivity index (χ1) is 9.06. The lowest BCUT2D eigenvalue weighted by atomic mass is 9.84. The predicted molar refractivity (Wildman–Crippen MR) is 69.7 cm³/mol. The largest absolute Gasteiger partial charge is 0.480 e. The third-order valence-electron chi connectivity index (χ3n) is 4.47. The van der Waals surface area contributed by atoms with Crippen molar-refractivity contribution in [1.82, 2.24) is 4.90 Å². The van der Waals surface area contributed by atoms with Crippen molar-refractivity contribution >= 4 is 11.9 Å². The number of nitrogens with zero attached hydrogens (tertiary/aromatic N) is 1. The summed E-state index contributed by atoms with van der Waals surface area (Å²) in [6.45, 7) is 2.15. The minimum atomic E-state index is -0.868. The lowest BCUT2D eigenvalue weighted by Crippen LogP contribution is -2.48. The number of ether oxygens (including phenoxy) is 1. The number of carboxylic acids is 1. The van der Waals surface area contributed by atoms with E-state index in [1.54, 1.807) is 18.9 Å². The molecule has 1 saturated heterocycles. The van der Waals surface area contributed by atoms with Gasteiger partial charge in [-0.2, -0.15) is 0 Å². The molecule has 2 aliphatic rings. The van der Waals surface area contributed by atoms with Gasteiger partial charge in [-0.05, 0) is 25.2 Å². The molecule has 1 N–H and O–H groups in total. The van der Waals surface area contributed by atoms with Crippen molar-refractivity contribution < 1.29 is 19.4 Å². The molecule has 5 nitrogen and oxygen atoms in total. The highest BCUT2D eigenvalue weighted by molar-refractivity contribution is 5.86. The number of hydrogen-bond donors (Lipinski definition) is 1. The SMILES string of the molecule is COC[C@H](C)C(=O)N1[C@@H]2CCCC[C@@H]2C[C@H]1C(=O)O. The van der Waals surface area contributed by atoms with Crippen LogP contribution >= 0.6 is 0 Å². The Morgan fingerprint density at radius 2 is 2.05 bits per heavy atom. The molecule has 2 fully saturated rings. The molecule has 0 aromatic rings. The molecule has 4 atom stereocenters. The van der Waals surface area contributed by atoms with Crippen LogP contribution in [0.25, 0.3) is 0 Å². The highest BCUT2D eigenvalue weighted by atomic mass is 16.5. The van der Waals surface area contributed by atoms with Crippen LogP contribution in [0.3, 0.4) is 0 Å². The van der Waals surface area contributed by atoms with E-state index in [1.165, 1.54) is 0 Å². The van der Waals surface area contributed by atoms with E-state index in [4.69, 9.17) is 4.74 Å². The summed E-state index contributed by atoms with van der Waals surface area (Å²) in [6, 6.07) is -0.512. The molecule has 1 amide bonds. The van der Waals surface area contributed by atoms with Crippen molar-refractivity contribution in [2.75, 3.05) is 13.7 Å². The Hall–Kier alpha value is -1.10. The average molecular weight is 269 g/mol. The first-order valence-corrected chi connectivity index (χ1v) is 7.10. The number of likely N-dealkylation sites (tertiary alicyclic amines) is 1. The Bertz CT molecular complexity index is 357. The van der Waals surface area contributed by atoms with Crippen LogP contribution in [0.4, 0.5) is 0 Å². The predicted octanol–water partition coefficient (Wildman–Crippen LogP) is 1.51. The highest BCUT2D eigenvalue weighted by Gasteiger charge is 2.48. The molecule has 0 bridgehead atoms. The van der Waals surface area contributed by atoms with Gasteiger partial charge < -0.3 is 14.7 Å². The Morgan fingerprint density at radius 3 is 2.68 bits per heavy atom. The van der Waals surface area contributed by atoms with Crippen molar-refractivity contribution in [1.29, 1.82) is 0 Å². The minimum Gasteiger partial charge on any atom is -0.480 e. The zero-order chi connectivity index (χ0) is 14.0. The van der Waals surface area contributed by atoms with Gasteiger partial charge in [0.25, 0.3) is 0 Å². The number of fused-ring (bicyclic) bond motifs is 1. The second kappa shape index (κ2) is 5.90. The van der Waals surface area contributed by atoms with E-state index < -0.39 is 12.0 Å². The Kier molecular flexibility index (Phi) is 4.45. The number of aliphatic carboxylic acids is 1. The average Bonchev–Trinajstić information content (AvgIpc) is 2.77. The fraction of sp³-hybridized carbons (Fsp3) is 0.857. The smallest absolute Gasteiger partial charge is 0.326 e. The monoisotopic (exact) mass is 269 g/mol. The molecule has 0 spiro atoms. The summed E-state index contributed by atoms with van der Waals surface area (Å²) in [7, 11) is 1.56. The number of methoxy groups -OCH3 is 1. The fourth-order valence-corrected chi connectivity index (χ4v) is 3.57. The maximum Gasteiger partial charge on any atom is 0.326 e. The van der Waals surface area contributed by atoms with E-state index in [-0.39, 0.29) is 17.9 Å². The zero-order valence-electron chi connectivity index (χ0n) is 11.7. The number of hydrogen-bond acceptors (Lipinski definition) is 3. The number of amides is 1. The molecule has 0 radical (unpaired) electrons. The van der Waals surface area contributed by atoms with Gasteiger partial charge in [0.2, 0.25) is 5.91 Å². The third kappa shape index (κ3) is 2.76. The first-order valence-electron chi connectivity index (χ1n) is 7.10. The number of carbonyl (C=O) groups is 2. The van der Waals surface area contributed by atoms with Crippen LogP contribution < -0.4 is 0 Å². The van der Waals surface area contributed by atoms with Gasteiger partial charge in [0.1, 0.15) is 6.04 Å². The molecule has 1 saturated carbocycles. The first kappa shape index (κ1) is 14.3. The van der Waals surface area contributed by atoms with Gasteiger partial charge in [-0.25, -0.2) is 4.79 Å². The van der Waals surface area contributed by atoms with Crippen molar-refractivity contribution in [3.05, 3.63) is 0 Å². The summed E-state index contributed by atoms with van der Waals surface area (Å²) in [5.74, 6) is -0.836. The van der Waals surface area contributed by atoms with Crippen LogP contribution in [0.5, 0.6) is 0 Å². The molecule has 0 unspecified atom stereocenters.